The van der Waals surface area contributed by atoms with Crippen LogP contribution in [0.4, 0.5) is 0 Å². The van der Waals surface area contributed by atoms with Crippen molar-refractivity contribution >= 4 is 24.0 Å². The summed E-state index contributed by atoms with van der Waals surface area (Å²) in [5.74, 6) is 0. The molecule has 0 aromatic carbocycles. The zero-order valence-electron chi connectivity index (χ0n) is 5.40. The van der Waals surface area contributed by atoms with E-state index in [-0.39, 0.29) is 29.6 Å². The Morgan fingerprint density at radius 3 is 1.75 bits per heavy atom. The van der Waals surface area contributed by atoms with Gasteiger partial charge in [-0.25, -0.2) is 0 Å². The van der Waals surface area contributed by atoms with E-state index in [4.69, 9.17) is 9.46 Å². The Morgan fingerprint density at radius 1 is 1.75 bits per heavy atom. The number of hydrogen-bond acceptors (Lipinski definition) is 2. The van der Waals surface area contributed by atoms with Crippen LogP contribution in [0.2, 0.25) is 0 Å². The molecule has 0 aliphatic carbocycles. The molecule has 0 saturated heterocycles. The van der Waals surface area contributed by atoms with E-state index in [2.05, 4.69) is 15.9 Å². The first kappa shape index (κ1) is 16.3. The standard InChI is InChI=1S/C2H5Br.CH5O2P.Na/c1-2-3;1-4(2)3;/h2H2,1H3;4H,1H3,(H,2,3);/q;;+1/p-1. The smallest absolute Gasteiger partial charge is 0.802 e. The van der Waals surface area contributed by atoms with Crippen LogP contribution in [0.1, 0.15) is 6.92 Å². The van der Waals surface area contributed by atoms with Gasteiger partial charge in [0.25, 0.3) is 0 Å². The van der Waals surface area contributed by atoms with E-state index in [1.165, 1.54) is 0 Å². The first-order valence-electron chi connectivity index (χ1n) is 1.88. The molecule has 0 bridgehead atoms. The average molecular weight is 211 g/mol. The van der Waals surface area contributed by atoms with Crippen LogP contribution < -0.4 is 34.5 Å². The summed E-state index contributed by atoms with van der Waals surface area (Å²) in [5, 5.41) is 1.06. The second-order valence-electron chi connectivity index (χ2n) is 0.759. The molecule has 1 unspecified atom stereocenters. The van der Waals surface area contributed by atoms with Gasteiger partial charge in [-0.15, -0.1) is 0 Å². The molecule has 0 fully saturated rings. The minimum absolute atomic E-state index is 0. The molecule has 0 aliphatic heterocycles. The summed E-state index contributed by atoms with van der Waals surface area (Å²) in [4.78, 5) is 9.07. The quantitative estimate of drug-likeness (QED) is 0.260. The van der Waals surface area contributed by atoms with Gasteiger partial charge in [-0.05, 0) is 14.7 Å². The van der Waals surface area contributed by atoms with Crippen molar-refractivity contribution in [3.8, 4) is 0 Å². The van der Waals surface area contributed by atoms with Crippen molar-refractivity contribution in [2.45, 2.75) is 6.92 Å². The normalized spacial score (nSPS) is 10.0. The van der Waals surface area contributed by atoms with Crippen molar-refractivity contribution in [3.63, 3.8) is 0 Å². The summed E-state index contributed by atoms with van der Waals surface area (Å²) in [5.41, 5.74) is 0. The van der Waals surface area contributed by atoms with Gasteiger partial charge in [-0.3, -0.25) is 0 Å². The molecule has 0 saturated carbocycles. The van der Waals surface area contributed by atoms with E-state index in [0.717, 1.165) is 12.0 Å². The molecule has 0 rings (SSSR count). The minimum atomic E-state index is -2.38. The van der Waals surface area contributed by atoms with E-state index >= 15 is 0 Å². The Kier molecular flexibility index (Phi) is 32.4. The van der Waals surface area contributed by atoms with Gasteiger partial charge in [0.2, 0.25) is 0 Å². The fourth-order valence-electron chi connectivity index (χ4n) is 0. The van der Waals surface area contributed by atoms with Crippen LogP contribution in [0.3, 0.4) is 0 Å². The van der Waals surface area contributed by atoms with Gasteiger partial charge in [-0.2, -0.15) is 0 Å². The summed E-state index contributed by atoms with van der Waals surface area (Å²) >= 11 is 3.15. The molecular formula is C3H9BrNaO2P. The van der Waals surface area contributed by atoms with E-state index in [1.54, 1.807) is 0 Å². The van der Waals surface area contributed by atoms with Crippen LogP contribution >= 0.6 is 24.0 Å². The average Bonchev–Trinajstić information content (AvgIpc) is 1.33. The van der Waals surface area contributed by atoms with Crippen molar-refractivity contribution < 1.29 is 39.0 Å². The first-order chi connectivity index (χ1) is 3.15. The molecule has 0 heterocycles. The monoisotopic (exact) mass is 210 g/mol. The summed E-state index contributed by atoms with van der Waals surface area (Å²) in [6, 6.07) is 0. The summed E-state index contributed by atoms with van der Waals surface area (Å²) in [6.45, 7) is 3.20. The van der Waals surface area contributed by atoms with Gasteiger partial charge in [0.05, 0.1) is 0 Å². The van der Waals surface area contributed by atoms with E-state index < -0.39 is 8.03 Å². The fourth-order valence-corrected chi connectivity index (χ4v) is 0. The minimum Gasteiger partial charge on any atom is -0.802 e. The maximum absolute atomic E-state index is 9.07. The van der Waals surface area contributed by atoms with E-state index in [9.17, 15) is 0 Å². The van der Waals surface area contributed by atoms with Crippen molar-refractivity contribution in [1.29, 1.82) is 0 Å². The Balaban J connectivity index is -0.0000000575. The van der Waals surface area contributed by atoms with Crippen LogP contribution in [-0.4, -0.2) is 12.0 Å². The largest absolute Gasteiger partial charge is 1.00 e. The van der Waals surface area contributed by atoms with Crippen molar-refractivity contribution in [2.24, 2.45) is 0 Å². The van der Waals surface area contributed by atoms with Crippen LogP contribution in [-0.2, 0) is 4.57 Å². The molecule has 0 N–H and O–H groups in total. The van der Waals surface area contributed by atoms with Crippen LogP contribution in [0.5, 0.6) is 0 Å². The van der Waals surface area contributed by atoms with E-state index in [0.29, 0.717) is 0 Å². The second-order valence-corrected chi connectivity index (χ2v) is 2.86. The molecule has 46 valence electrons. The molecular weight excluding hydrogens is 202 g/mol. The van der Waals surface area contributed by atoms with Crippen LogP contribution in [0, 0.1) is 0 Å². The number of alkyl halides is 1. The maximum atomic E-state index is 9.07. The van der Waals surface area contributed by atoms with Gasteiger partial charge >= 0.3 is 29.6 Å². The molecule has 8 heavy (non-hydrogen) atoms. The number of rotatable bonds is 0. The van der Waals surface area contributed by atoms with E-state index in [1.807, 2.05) is 6.92 Å². The zero-order valence-corrected chi connectivity index (χ0v) is 9.99. The maximum Gasteiger partial charge on any atom is 1.00 e. The van der Waals surface area contributed by atoms with Crippen molar-refractivity contribution in [1.82, 2.24) is 0 Å². The van der Waals surface area contributed by atoms with Crippen molar-refractivity contribution in [3.05, 3.63) is 0 Å². The third-order valence-electron chi connectivity index (χ3n) is 0. The fraction of sp³-hybridized carbons (Fsp3) is 1.00. The zero-order chi connectivity index (χ0) is 6.28. The molecule has 0 amide bonds. The molecule has 0 radical (unpaired) electrons. The molecule has 0 spiro atoms. The van der Waals surface area contributed by atoms with Gasteiger partial charge < -0.3 is 9.46 Å². The van der Waals surface area contributed by atoms with Crippen LogP contribution in [0.15, 0.2) is 0 Å². The third-order valence-corrected chi connectivity index (χ3v) is 0. The molecule has 0 aromatic heterocycles. The Bertz CT molecular complexity index is 48.5. The van der Waals surface area contributed by atoms with Crippen molar-refractivity contribution in [2.75, 3.05) is 12.0 Å². The SMILES string of the molecule is CCBr.C[PH](=O)[O-].[Na+]. The number of halogens is 1. The van der Waals surface area contributed by atoms with Gasteiger partial charge in [0.1, 0.15) is 0 Å². The Labute approximate surface area is 81.3 Å². The Morgan fingerprint density at radius 2 is 1.75 bits per heavy atom. The van der Waals surface area contributed by atoms with Gasteiger partial charge in [0.15, 0.2) is 0 Å². The molecule has 0 aliphatic rings. The summed E-state index contributed by atoms with van der Waals surface area (Å²) in [6.07, 6.45) is 0. The van der Waals surface area contributed by atoms with Gasteiger partial charge in [-0.1, -0.05) is 22.9 Å². The predicted molar refractivity (Wildman–Crippen MR) is 34.4 cm³/mol. The third kappa shape index (κ3) is 122. The first-order valence-corrected chi connectivity index (χ1v) is 4.82. The number of hydrogen-bond donors (Lipinski definition) is 0. The topological polar surface area (TPSA) is 40.1 Å². The molecule has 1 atom stereocenters. The second kappa shape index (κ2) is 15.9. The van der Waals surface area contributed by atoms with Crippen LogP contribution in [0.25, 0.3) is 0 Å². The molecule has 5 heteroatoms. The molecule has 2 nitrogen and oxygen atoms in total. The Hall–Kier alpha value is 1.67. The molecule has 0 aromatic rings. The summed E-state index contributed by atoms with van der Waals surface area (Å²) < 4.78 is 9.07. The summed E-state index contributed by atoms with van der Waals surface area (Å²) in [7, 11) is -2.38. The predicted octanol–water partition coefficient (Wildman–Crippen LogP) is -2.14. The van der Waals surface area contributed by atoms with Gasteiger partial charge in [0, 0.05) is 5.33 Å².